The lowest BCUT2D eigenvalue weighted by molar-refractivity contribution is -0.134. The molecule has 2 aliphatic rings. The Hall–Kier alpha value is -0.320. The number of halogens is 1. The van der Waals surface area contributed by atoms with E-state index in [1.807, 2.05) is 4.90 Å². The molecule has 1 N–H and O–H groups in total. The number of carbonyl (C=O) groups excluding carboxylic acids is 1. The third-order valence-electron chi connectivity index (χ3n) is 3.14. The first kappa shape index (κ1) is 13.7. The molecule has 0 aromatic carbocycles. The van der Waals surface area contributed by atoms with Crippen LogP contribution in [0.5, 0.6) is 0 Å². The molecule has 1 atom stereocenters. The molecular weight excluding hydrogens is 228 g/mol. The highest BCUT2D eigenvalue weighted by Crippen LogP contribution is 2.11. The summed E-state index contributed by atoms with van der Waals surface area (Å²) in [5, 5.41) is 3.30. The second-order valence-corrected chi connectivity index (χ2v) is 4.29. The van der Waals surface area contributed by atoms with E-state index in [0.717, 1.165) is 39.1 Å². The van der Waals surface area contributed by atoms with E-state index in [9.17, 15) is 4.79 Å². The Labute approximate surface area is 103 Å². The van der Waals surface area contributed by atoms with Crippen molar-refractivity contribution in [2.45, 2.75) is 31.7 Å². The van der Waals surface area contributed by atoms with Crippen LogP contribution in [-0.2, 0) is 9.53 Å². The minimum absolute atomic E-state index is 0. The fourth-order valence-corrected chi connectivity index (χ4v) is 2.25. The maximum Gasteiger partial charge on any atom is 0.239 e. The topological polar surface area (TPSA) is 41.6 Å². The maximum atomic E-state index is 12.1. The molecule has 0 aromatic heterocycles. The van der Waals surface area contributed by atoms with Crippen LogP contribution in [0.4, 0.5) is 0 Å². The zero-order valence-corrected chi connectivity index (χ0v) is 10.4. The average molecular weight is 249 g/mol. The number of nitrogens with zero attached hydrogens (tertiary/aromatic N) is 1. The van der Waals surface area contributed by atoms with Crippen LogP contribution >= 0.6 is 12.4 Å². The molecule has 2 aliphatic heterocycles. The van der Waals surface area contributed by atoms with E-state index in [2.05, 4.69) is 5.32 Å². The van der Waals surface area contributed by atoms with Crippen LogP contribution in [0.15, 0.2) is 0 Å². The first-order valence-corrected chi connectivity index (χ1v) is 5.98. The minimum atomic E-state index is 0. The van der Waals surface area contributed by atoms with Crippen molar-refractivity contribution in [2.75, 3.05) is 32.8 Å². The Balaban J connectivity index is 0.00000128. The molecule has 2 saturated heterocycles. The molecular formula is C11H21ClN2O2. The molecule has 0 spiro atoms. The van der Waals surface area contributed by atoms with Gasteiger partial charge in [0.15, 0.2) is 0 Å². The molecule has 0 radical (unpaired) electrons. The van der Waals surface area contributed by atoms with Crippen molar-refractivity contribution in [3.63, 3.8) is 0 Å². The van der Waals surface area contributed by atoms with Crippen LogP contribution in [0.2, 0.25) is 0 Å². The molecule has 2 fully saturated rings. The van der Waals surface area contributed by atoms with Crippen LogP contribution in [0.1, 0.15) is 25.7 Å². The quantitative estimate of drug-likeness (QED) is 0.747. The Kier molecular flexibility index (Phi) is 6.09. The lowest BCUT2D eigenvalue weighted by atomic mass is 10.0. The average Bonchev–Trinajstić information content (AvgIpc) is 2.58. The predicted octanol–water partition coefficient (Wildman–Crippen LogP) is 0.799. The summed E-state index contributed by atoms with van der Waals surface area (Å²) in [6, 6.07) is 0.0665. The van der Waals surface area contributed by atoms with E-state index in [0.29, 0.717) is 6.61 Å². The van der Waals surface area contributed by atoms with Crippen LogP contribution < -0.4 is 5.32 Å². The summed E-state index contributed by atoms with van der Waals surface area (Å²) in [6.07, 6.45) is 4.34. The van der Waals surface area contributed by atoms with E-state index in [1.54, 1.807) is 0 Å². The summed E-state index contributed by atoms with van der Waals surface area (Å²) in [4.78, 5) is 14.1. The minimum Gasteiger partial charge on any atom is -0.380 e. The van der Waals surface area contributed by atoms with Gasteiger partial charge in [0.1, 0.15) is 0 Å². The van der Waals surface area contributed by atoms with Crippen molar-refractivity contribution < 1.29 is 9.53 Å². The molecule has 0 aliphatic carbocycles. The second kappa shape index (κ2) is 7.09. The summed E-state index contributed by atoms with van der Waals surface area (Å²) in [5.41, 5.74) is 0. The SMILES string of the molecule is Cl.O=C([C@@H]1CCCCN1)N1CCCOCC1. The molecule has 2 heterocycles. The third kappa shape index (κ3) is 3.61. The van der Waals surface area contributed by atoms with E-state index in [1.165, 1.54) is 12.8 Å². The normalized spacial score (nSPS) is 26.8. The summed E-state index contributed by atoms with van der Waals surface area (Å²) < 4.78 is 5.35. The van der Waals surface area contributed by atoms with Gasteiger partial charge in [0, 0.05) is 19.7 Å². The van der Waals surface area contributed by atoms with Gasteiger partial charge in [0.25, 0.3) is 0 Å². The van der Waals surface area contributed by atoms with Gasteiger partial charge in [-0.3, -0.25) is 4.79 Å². The van der Waals surface area contributed by atoms with Crippen molar-refractivity contribution >= 4 is 18.3 Å². The van der Waals surface area contributed by atoms with Gasteiger partial charge in [-0.1, -0.05) is 6.42 Å². The van der Waals surface area contributed by atoms with Gasteiger partial charge in [0.05, 0.1) is 12.6 Å². The van der Waals surface area contributed by atoms with Crippen LogP contribution in [0.3, 0.4) is 0 Å². The standard InChI is InChI=1S/C11H20N2O2.ClH/c14-11(10-4-1-2-5-12-10)13-6-3-8-15-9-7-13;/h10,12H,1-9H2;1H/t10-;/m0./s1. The number of piperidine rings is 1. The molecule has 1 amide bonds. The highest BCUT2D eigenvalue weighted by Gasteiger charge is 2.25. The third-order valence-corrected chi connectivity index (χ3v) is 3.14. The largest absolute Gasteiger partial charge is 0.380 e. The zero-order chi connectivity index (χ0) is 10.5. The molecule has 2 rings (SSSR count). The monoisotopic (exact) mass is 248 g/mol. The van der Waals surface area contributed by atoms with Gasteiger partial charge >= 0.3 is 0 Å². The highest BCUT2D eigenvalue weighted by molar-refractivity contribution is 5.85. The van der Waals surface area contributed by atoms with Gasteiger partial charge in [-0.05, 0) is 25.8 Å². The van der Waals surface area contributed by atoms with Gasteiger partial charge in [-0.15, -0.1) is 12.4 Å². The van der Waals surface area contributed by atoms with E-state index in [4.69, 9.17) is 4.74 Å². The summed E-state index contributed by atoms with van der Waals surface area (Å²) in [5.74, 6) is 0.278. The number of amides is 1. The molecule has 0 unspecified atom stereocenters. The lowest BCUT2D eigenvalue weighted by Crippen LogP contribution is -2.49. The summed E-state index contributed by atoms with van der Waals surface area (Å²) >= 11 is 0. The van der Waals surface area contributed by atoms with Gasteiger partial charge < -0.3 is 15.0 Å². The Morgan fingerprint density at radius 3 is 2.81 bits per heavy atom. The number of rotatable bonds is 1. The number of carbonyl (C=O) groups is 1. The molecule has 0 bridgehead atoms. The van der Waals surface area contributed by atoms with E-state index < -0.39 is 0 Å². The number of hydrogen-bond donors (Lipinski definition) is 1. The number of nitrogens with one attached hydrogen (secondary N) is 1. The molecule has 5 heteroatoms. The molecule has 0 aromatic rings. The van der Waals surface area contributed by atoms with Crippen molar-refractivity contribution in [3.05, 3.63) is 0 Å². The van der Waals surface area contributed by atoms with Crippen LogP contribution in [0.25, 0.3) is 0 Å². The molecule has 16 heavy (non-hydrogen) atoms. The first-order valence-electron chi connectivity index (χ1n) is 5.98. The fraction of sp³-hybridized carbons (Fsp3) is 0.909. The van der Waals surface area contributed by atoms with Crippen molar-refractivity contribution in [2.24, 2.45) is 0 Å². The zero-order valence-electron chi connectivity index (χ0n) is 9.61. The molecule has 0 saturated carbocycles. The smallest absolute Gasteiger partial charge is 0.239 e. The molecule has 4 nitrogen and oxygen atoms in total. The first-order chi connectivity index (χ1) is 7.38. The molecule has 94 valence electrons. The van der Waals surface area contributed by atoms with Crippen LogP contribution in [0, 0.1) is 0 Å². The Morgan fingerprint density at radius 2 is 2.06 bits per heavy atom. The van der Waals surface area contributed by atoms with Crippen molar-refractivity contribution in [1.82, 2.24) is 10.2 Å². The number of hydrogen-bond acceptors (Lipinski definition) is 3. The maximum absolute atomic E-state index is 12.1. The fourth-order valence-electron chi connectivity index (χ4n) is 2.25. The summed E-state index contributed by atoms with van der Waals surface area (Å²) in [6.45, 7) is 4.09. The second-order valence-electron chi connectivity index (χ2n) is 4.29. The predicted molar refractivity (Wildman–Crippen MR) is 64.9 cm³/mol. The lowest BCUT2D eigenvalue weighted by Gasteiger charge is -2.28. The van der Waals surface area contributed by atoms with E-state index >= 15 is 0 Å². The van der Waals surface area contributed by atoms with E-state index in [-0.39, 0.29) is 24.4 Å². The van der Waals surface area contributed by atoms with Crippen molar-refractivity contribution in [3.8, 4) is 0 Å². The van der Waals surface area contributed by atoms with Crippen molar-refractivity contribution in [1.29, 1.82) is 0 Å². The summed E-state index contributed by atoms with van der Waals surface area (Å²) in [7, 11) is 0. The van der Waals surface area contributed by atoms with Gasteiger partial charge in [0.2, 0.25) is 5.91 Å². The van der Waals surface area contributed by atoms with Crippen LogP contribution in [-0.4, -0.2) is 49.7 Å². The Morgan fingerprint density at radius 1 is 1.19 bits per heavy atom. The number of ether oxygens (including phenoxy) is 1. The van der Waals surface area contributed by atoms with Gasteiger partial charge in [-0.2, -0.15) is 0 Å². The highest BCUT2D eigenvalue weighted by atomic mass is 35.5. The Bertz CT molecular complexity index is 212. The van der Waals surface area contributed by atoms with Gasteiger partial charge in [-0.25, -0.2) is 0 Å².